The van der Waals surface area contributed by atoms with E-state index in [0.29, 0.717) is 39.3 Å². The van der Waals surface area contributed by atoms with Gasteiger partial charge in [-0.1, -0.05) is 0 Å². The van der Waals surface area contributed by atoms with Crippen LogP contribution in [-0.2, 0) is 4.79 Å². The van der Waals surface area contributed by atoms with Gasteiger partial charge in [0, 0.05) is 52.4 Å². The maximum atomic E-state index is 11.0. The first-order chi connectivity index (χ1) is 11.1. The Bertz CT molecular complexity index is 334. The molecule has 6 N–H and O–H groups in total. The van der Waals surface area contributed by atoms with Gasteiger partial charge in [0.05, 0.1) is 31.9 Å². The summed E-state index contributed by atoms with van der Waals surface area (Å²) in [5.74, 6) is -0.876. The van der Waals surface area contributed by atoms with Gasteiger partial charge >= 0.3 is 5.97 Å². The lowest BCUT2D eigenvalue weighted by atomic mass is 10.1. The molecule has 1 fully saturated rings. The van der Waals surface area contributed by atoms with Crippen LogP contribution in [0, 0.1) is 0 Å². The van der Waals surface area contributed by atoms with Crippen LogP contribution in [0.2, 0.25) is 0 Å². The Kier molecular flexibility index (Phi) is 10.3. The first-order valence-corrected chi connectivity index (χ1v) is 8.08. The van der Waals surface area contributed by atoms with Gasteiger partial charge in [0.15, 0.2) is 0 Å². The number of carboxylic acid groups (broad SMARTS) is 1. The predicted molar refractivity (Wildman–Crippen MR) is 85.4 cm³/mol. The van der Waals surface area contributed by atoms with Gasteiger partial charge in [0.25, 0.3) is 0 Å². The molecule has 1 saturated heterocycles. The highest BCUT2D eigenvalue weighted by atomic mass is 16.4. The monoisotopic (exact) mass is 334 g/mol. The van der Waals surface area contributed by atoms with Crippen molar-refractivity contribution in [2.45, 2.75) is 12.1 Å². The van der Waals surface area contributed by atoms with E-state index in [4.69, 9.17) is 10.2 Å². The smallest absolute Gasteiger partial charge is 0.317 e. The van der Waals surface area contributed by atoms with Crippen LogP contribution in [0.3, 0.4) is 0 Å². The van der Waals surface area contributed by atoms with Crippen molar-refractivity contribution in [3.63, 3.8) is 0 Å². The molecule has 0 saturated carbocycles. The molecule has 0 aromatic heterocycles. The van der Waals surface area contributed by atoms with Crippen molar-refractivity contribution in [3.8, 4) is 0 Å². The molecule has 9 nitrogen and oxygen atoms in total. The third-order valence-corrected chi connectivity index (χ3v) is 4.01. The number of aliphatic carboxylic acids is 1. The van der Waals surface area contributed by atoms with Gasteiger partial charge in [-0.05, 0) is 0 Å². The molecule has 0 spiro atoms. The minimum Gasteiger partial charge on any atom is -0.480 e. The Morgan fingerprint density at radius 2 is 1.61 bits per heavy atom. The Morgan fingerprint density at radius 1 is 0.957 bits per heavy atom. The molecule has 1 aliphatic heterocycles. The summed E-state index contributed by atoms with van der Waals surface area (Å²) in [6.45, 7) is 4.51. The first kappa shape index (κ1) is 20.2. The number of nitrogens with one attached hydrogen (secondary N) is 2. The normalized spacial score (nSPS) is 22.7. The molecule has 0 bridgehead atoms. The molecule has 0 aromatic rings. The first-order valence-electron chi connectivity index (χ1n) is 8.08. The lowest BCUT2D eigenvalue weighted by Gasteiger charge is -2.35. The molecular weight excluding hydrogens is 304 g/mol. The fourth-order valence-corrected chi connectivity index (χ4v) is 2.66. The average molecular weight is 334 g/mol. The van der Waals surface area contributed by atoms with Gasteiger partial charge in [-0.3, -0.25) is 14.6 Å². The summed E-state index contributed by atoms with van der Waals surface area (Å²) in [6.07, 6.45) is -1.03. The van der Waals surface area contributed by atoms with Gasteiger partial charge in [-0.2, -0.15) is 0 Å². The highest BCUT2D eigenvalue weighted by Crippen LogP contribution is 2.05. The van der Waals surface area contributed by atoms with Crippen LogP contribution in [0.1, 0.15) is 0 Å². The molecule has 1 aliphatic rings. The Balaban J connectivity index is 2.70. The van der Waals surface area contributed by atoms with E-state index in [-0.39, 0.29) is 13.2 Å². The third-order valence-electron chi connectivity index (χ3n) is 4.01. The van der Waals surface area contributed by atoms with E-state index in [1.807, 2.05) is 9.80 Å². The fourth-order valence-electron chi connectivity index (χ4n) is 2.66. The van der Waals surface area contributed by atoms with E-state index in [1.54, 1.807) is 0 Å². The van der Waals surface area contributed by atoms with Gasteiger partial charge < -0.3 is 31.1 Å². The van der Waals surface area contributed by atoms with Gasteiger partial charge in [-0.15, -0.1) is 0 Å². The van der Waals surface area contributed by atoms with Crippen LogP contribution in [0.15, 0.2) is 0 Å². The summed E-state index contributed by atoms with van der Waals surface area (Å²) < 4.78 is 0. The molecule has 2 atom stereocenters. The molecule has 9 heteroatoms. The molecule has 1 rings (SSSR count). The maximum Gasteiger partial charge on any atom is 0.317 e. The van der Waals surface area contributed by atoms with E-state index < -0.39 is 24.7 Å². The SMILES string of the molecule is O=C(O)CN1CCNCCNCCN(C(CO)C(O)CO)CC1. The predicted octanol–water partition coefficient (Wildman–Crippen LogP) is -3.42. The third kappa shape index (κ3) is 8.02. The van der Waals surface area contributed by atoms with Crippen LogP contribution in [-0.4, -0.2) is 120 Å². The van der Waals surface area contributed by atoms with E-state index >= 15 is 0 Å². The zero-order chi connectivity index (χ0) is 17.1. The number of rotatable bonds is 6. The lowest BCUT2D eigenvalue weighted by molar-refractivity contribution is -0.138. The highest BCUT2D eigenvalue weighted by Gasteiger charge is 2.25. The van der Waals surface area contributed by atoms with Crippen molar-refractivity contribution in [3.05, 3.63) is 0 Å². The van der Waals surface area contributed by atoms with Gasteiger partial charge in [0.2, 0.25) is 0 Å². The van der Waals surface area contributed by atoms with Crippen LogP contribution < -0.4 is 10.6 Å². The zero-order valence-electron chi connectivity index (χ0n) is 13.5. The van der Waals surface area contributed by atoms with Crippen molar-refractivity contribution < 1.29 is 25.2 Å². The summed E-state index contributed by atoms with van der Waals surface area (Å²) in [5.41, 5.74) is 0. The summed E-state index contributed by atoms with van der Waals surface area (Å²) in [4.78, 5) is 14.7. The van der Waals surface area contributed by atoms with Crippen LogP contribution in [0.4, 0.5) is 0 Å². The number of carboxylic acids is 1. The number of hydrogen-bond acceptors (Lipinski definition) is 8. The molecule has 0 radical (unpaired) electrons. The Hall–Kier alpha value is -0.810. The van der Waals surface area contributed by atoms with Gasteiger partial charge in [-0.25, -0.2) is 0 Å². The standard InChI is InChI=1S/C14H30N4O5/c19-10-12(13(21)11-20)18-6-4-16-2-1-15-3-5-17(7-8-18)9-14(22)23/h12-13,15-16,19-21H,1-11H2,(H,22,23). The quantitative estimate of drug-likeness (QED) is 0.294. The van der Waals surface area contributed by atoms with Crippen molar-refractivity contribution >= 4 is 5.97 Å². The summed E-state index contributed by atoms with van der Waals surface area (Å²) >= 11 is 0. The fraction of sp³-hybridized carbons (Fsp3) is 0.929. The second kappa shape index (κ2) is 11.7. The molecular formula is C14H30N4O5. The largest absolute Gasteiger partial charge is 0.480 e. The van der Waals surface area contributed by atoms with E-state index in [9.17, 15) is 15.0 Å². The molecule has 1 heterocycles. The molecule has 0 amide bonds. The van der Waals surface area contributed by atoms with Crippen LogP contribution in [0.25, 0.3) is 0 Å². The minimum atomic E-state index is -1.03. The number of carbonyl (C=O) groups is 1. The molecule has 136 valence electrons. The molecule has 23 heavy (non-hydrogen) atoms. The summed E-state index contributed by atoms with van der Waals surface area (Å²) in [5, 5.41) is 44.1. The lowest BCUT2D eigenvalue weighted by Crippen LogP contribution is -2.53. The second-order valence-corrected chi connectivity index (χ2v) is 5.71. The topological polar surface area (TPSA) is 129 Å². The van der Waals surface area contributed by atoms with Crippen molar-refractivity contribution in [1.29, 1.82) is 0 Å². The summed E-state index contributed by atoms with van der Waals surface area (Å²) in [7, 11) is 0. The van der Waals surface area contributed by atoms with E-state index in [1.165, 1.54) is 0 Å². The maximum absolute atomic E-state index is 11.0. The van der Waals surface area contributed by atoms with Crippen molar-refractivity contribution in [2.24, 2.45) is 0 Å². The second-order valence-electron chi connectivity index (χ2n) is 5.71. The van der Waals surface area contributed by atoms with E-state index in [0.717, 1.165) is 13.1 Å². The van der Waals surface area contributed by atoms with Crippen LogP contribution >= 0.6 is 0 Å². The minimum absolute atomic E-state index is 0.0416. The van der Waals surface area contributed by atoms with Crippen molar-refractivity contribution in [1.82, 2.24) is 20.4 Å². The average Bonchev–Trinajstić information content (AvgIpc) is 2.51. The zero-order valence-corrected chi connectivity index (χ0v) is 13.5. The number of hydrogen-bond donors (Lipinski definition) is 6. The molecule has 0 aromatic carbocycles. The van der Waals surface area contributed by atoms with Crippen LogP contribution in [0.5, 0.6) is 0 Å². The molecule has 2 unspecified atom stereocenters. The Morgan fingerprint density at radius 3 is 2.17 bits per heavy atom. The number of nitrogens with zero attached hydrogens (tertiary/aromatic N) is 2. The van der Waals surface area contributed by atoms with Gasteiger partial charge in [0.1, 0.15) is 0 Å². The highest BCUT2D eigenvalue weighted by molar-refractivity contribution is 5.69. The number of aliphatic hydroxyl groups is 3. The number of aliphatic hydroxyl groups excluding tert-OH is 3. The molecule has 0 aliphatic carbocycles. The van der Waals surface area contributed by atoms with E-state index in [2.05, 4.69) is 10.6 Å². The van der Waals surface area contributed by atoms with Crippen molar-refractivity contribution in [2.75, 3.05) is 72.1 Å². The summed E-state index contributed by atoms with van der Waals surface area (Å²) in [6, 6.07) is -0.561. The Labute approximate surface area is 136 Å².